The fourth-order valence-corrected chi connectivity index (χ4v) is 0.642. The number of hydrogen-bond acceptors (Lipinski definition) is 0. The summed E-state index contributed by atoms with van der Waals surface area (Å²) in [5, 5.41) is 0. The molecule has 0 unspecified atom stereocenters. The van der Waals surface area contributed by atoms with Crippen molar-refractivity contribution in [1.82, 2.24) is 0 Å². The molecule has 0 saturated carbocycles. The van der Waals surface area contributed by atoms with Crippen molar-refractivity contribution >= 4 is 0 Å². The average molecular weight is 188 g/mol. The third kappa shape index (κ3) is 2.91. The minimum Gasteiger partial charge on any atom is -0.232 e. The maximum Gasteiger partial charge on any atom is 0 e. The Morgan fingerprint density at radius 3 is 2.43 bits per heavy atom. The maximum absolute atomic E-state index is 2.21. The van der Waals surface area contributed by atoms with Gasteiger partial charge in [-0.2, -0.15) is 0 Å². The first-order chi connectivity index (χ1) is 3.00. The molecule has 1 heteroatoms. The standard InChI is InChI=1S/C6H9.Pd/c1-2-4-6-5-3-1;/h1-3H,4-6H2;/q-1;. The molecule has 0 heterocycles. The van der Waals surface area contributed by atoms with E-state index in [1.807, 2.05) is 0 Å². The third-order valence-electron chi connectivity index (χ3n) is 1.01. The molecule has 0 fully saturated rings. The molecule has 0 aromatic carbocycles. The molecule has 0 spiro atoms. The van der Waals surface area contributed by atoms with E-state index >= 15 is 0 Å². The fourth-order valence-electron chi connectivity index (χ4n) is 0.642. The summed E-state index contributed by atoms with van der Waals surface area (Å²) in [5.41, 5.74) is 0. The van der Waals surface area contributed by atoms with Crippen molar-refractivity contribution in [1.29, 1.82) is 0 Å². The smallest absolute Gasteiger partial charge is 0 e. The van der Waals surface area contributed by atoms with Gasteiger partial charge in [-0.25, -0.2) is 18.6 Å². The van der Waals surface area contributed by atoms with E-state index in [0.29, 0.717) is 0 Å². The van der Waals surface area contributed by atoms with Gasteiger partial charge in [0.15, 0.2) is 0 Å². The molecule has 1 aliphatic carbocycles. The second kappa shape index (κ2) is 4.43. The molecule has 0 aromatic rings. The quantitative estimate of drug-likeness (QED) is 0.402. The zero-order valence-electron chi connectivity index (χ0n) is 4.17. The summed E-state index contributed by atoms with van der Waals surface area (Å²) in [6.45, 7) is 0. The molecule has 0 bridgehead atoms. The van der Waals surface area contributed by atoms with Gasteiger partial charge in [0.1, 0.15) is 0 Å². The summed E-state index contributed by atoms with van der Waals surface area (Å²) in [6.07, 6.45) is 10.5. The van der Waals surface area contributed by atoms with Gasteiger partial charge in [0, 0.05) is 20.4 Å². The molecule has 0 aromatic heterocycles. The van der Waals surface area contributed by atoms with E-state index < -0.39 is 0 Å². The molecule has 1 aliphatic rings. The second-order valence-corrected chi connectivity index (χ2v) is 1.59. The Labute approximate surface area is 58.6 Å². The van der Waals surface area contributed by atoms with Crippen LogP contribution in [0, 0.1) is 6.42 Å². The van der Waals surface area contributed by atoms with E-state index in [1.54, 1.807) is 0 Å². The van der Waals surface area contributed by atoms with Crippen molar-refractivity contribution in [2.45, 2.75) is 19.3 Å². The second-order valence-electron chi connectivity index (χ2n) is 1.59. The van der Waals surface area contributed by atoms with E-state index in [-0.39, 0.29) is 20.4 Å². The summed E-state index contributed by atoms with van der Waals surface area (Å²) >= 11 is 0. The van der Waals surface area contributed by atoms with Crippen LogP contribution in [0.15, 0.2) is 12.2 Å². The van der Waals surface area contributed by atoms with Crippen molar-refractivity contribution < 1.29 is 20.4 Å². The van der Waals surface area contributed by atoms with Gasteiger partial charge in [-0.1, -0.05) is 6.42 Å². The largest absolute Gasteiger partial charge is 0.232 e. The van der Waals surface area contributed by atoms with Crippen LogP contribution in [0.1, 0.15) is 19.3 Å². The van der Waals surface area contributed by atoms with Gasteiger partial charge in [-0.15, -0.1) is 12.8 Å². The number of allylic oxidation sites excluding steroid dienone is 2. The van der Waals surface area contributed by atoms with Crippen molar-refractivity contribution in [3.05, 3.63) is 18.6 Å². The molecular weight excluding hydrogens is 178 g/mol. The molecule has 0 nitrogen and oxygen atoms in total. The molecule has 0 aliphatic heterocycles. The van der Waals surface area contributed by atoms with Crippen LogP contribution in [0.2, 0.25) is 0 Å². The molecule has 0 amide bonds. The van der Waals surface area contributed by atoms with Crippen LogP contribution in [-0.4, -0.2) is 0 Å². The zero-order chi connectivity index (χ0) is 4.24. The van der Waals surface area contributed by atoms with Crippen LogP contribution < -0.4 is 0 Å². The van der Waals surface area contributed by atoms with Crippen molar-refractivity contribution in [2.75, 3.05) is 0 Å². The minimum atomic E-state index is 0. The molecule has 44 valence electrons. The first kappa shape index (κ1) is 7.27. The Kier molecular flexibility index (Phi) is 4.60. The Morgan fingerprint density at radius 2 is 2.29 bits per heavy atom. The van der Waals surface area contributed by atoms with Gasteiger partial charge >= 0.3 is 0 Å². The van der Waals surface area contributed by atoms with Crippen molar-refractivity contribution in [2.24, 2.45) is 0 Å². The van der Waals surface area contributed by atoms with Gasteiger partial charge in [-0.3, -0.25) is 0 Å². The van der Waals surface area contributed by atoms with Gasteiger partial charge in [-0.05, 0) is 0 Å². The molecule has 0 N–H and O–H groups in total. The van der Waals surface area contributed by atoms with E-state index in [9.17, 15) is 0 Å². The SMILES string of the molecule is C1=CCCC[CH-]1.[Pd]. The van der Waals surface area contributed by atoms with Crippen LogP contribution in [0.5, 0.6) is 0 Å². The Balaban J connectivity index is 0.000000360. The molecule has 1 rings (SSSR count). The third-order valence-corrected chi connectivity index (χ3v) is 1.01. The molecule has 0 radical (unpaired) electrons. The van der Waals surface area contributed by atoms with Gasteiger partial charge in [0.2, 0.25) is 0 Å². The topological polar surface area (TPSA) is 0 Å². The van der Waals surface area contributed by atoms with E-state index in [0.717, 1.165) is 0 Å². The summed E-state index contributed by atoms with van der Waals surface area (Å²) < 4.78 is 0. The van der Waals surface area contributed by atoms with Crippen LogP contribution in [-0.2, 0) is 20.4 Å². The molecular formula is C6H9Pd-. The van der Waals surface area contributed by atoms with Crippen LogP contribution in [0.3, 0.4) is 0 Å². The number of hydrogen-bond donors (Lipinski definition) is 0. The van der Waals surface area contributed by atoms with Gasteiger partial charge in [0.05, 0.1) is 0 Å². The molecule has 0 saturated heterocycles. The van der Waals surface area contributed by atoms with E-state index in [1.165, 1.54) is 19.3 Å². The summed E-state index contributed by atoms with van der Waals surface area (Å²) in [4.78, 5) is 0. The fraction of sp³-hybridized carbons (Fsp3) is 0.500. The zero-order valence-corrected chi connectivity index (χ0v) is 5.72. The first-order valence-electron chi connectivity index (χ1n) is 2.48. The normalized spacial score (nSPS) is 17.1. The average Bonchev–Trinajstić information content (AvgIpc) is 1.72. The number of rotatable bonds is 0. The first-order valence-corrected chi connectivity index (χ1v) is 2.48. The van der Waals surface area contributed by atoms with E-state index in [2.05, 4.69) is 18.6 Å². The Hall–Kier alpha value is 0.272. The molecule has 7 heavy (non-hydrogen) atoms. The van der Waals surface area contributed by atoms with Crippen LogP contribution in [0.25, 0.3) is 0 Å². The summed E-state index contributed by atoms with van der Waals surface area (Å²) in [7, 11) is 0. The predicted molar refractivity (Wildman–Crippen MR) is 27.3 cm³/mol. The minimum absolute atomic E-state index is 0. The van der Waals surface area contributed by atoms with Crippen molar-refractivity contribution in [3.63, 3.8) is 0 Å². The van der Waals surface area contributed by atoms with E-state index in [4.69, 9.17) is 0 Å². The predicted octanol–water partition coefficient (Wildman–Crippen LogP) is 1.93. The monoisotopic (exact) mass is 187 g/mol. The van der Waals surface area contributed by atoms with Gasteiger partial charge < -0.3 is 0 Å². The Morgan fingerprint density at radius 1 is 1.43 bits per heavy atom. The van der Waals surface area contributed by atoms with Crippen molar-refractivity contribution in [3.8, 4) is 0 Å². The van der Waals surface area contributed by atoms with Crippen LogP contribution >= 0.6 is 0 Å². The Bertz CT molecular complexity index is 49.2. The molecule has 0 atom stereocenters. The summed E-state index contributed by atoms with van der Waals surface area (Å²) in [6, 6.07) is 0. The summed E-state index contributed by atoms with van der Waals surface area (Å²) in [5.74, 6) is 0. The van der Waals surface area contributed by atoms with Crippen LogP contribution in [0.4, 0.5) is 0 Å². The van der Waals surface area contributed by atoms with Gasteiger partial charge in [0.25, 0.3) is 0 Å². The maximum atomic E-state index is 2.21.